The number of aryl methyl sites for hydroxylation is 1. The maximum absolute atomic E-state index is 14.0. The van der Waals surface area contributed by atoms with E-state index in [4.69, 9.17) is 63.2 Å². The Balaban J connectivity index is 0.000000124. The van der Waals surface area contributed by atoms with Crippen LogP contribution in [-0.2, 0) is 20.9 Å². The highest BCUT2D eigenvalue weighted by Crippen LogP contribution is 2.47. The minimum atomic E-state index is -1.83. The first-order valence-electron chi connectivity index (χ1n) is 43.6. The molecule has 3 fully saturated rings. The molecule has 0 aliphatic heterocycles. The fourth-order valence-electron chi connectivity index (χ4n) is 18.0. The number of aliphatic hydroxyl groups excluding tert-OH is 1. The first-order chi connectivity index (χ1) is 64.9. The van der Waals surface area contributed by atoms with E-state index < -0.39 is 42.1 Å². The van der Waals surface area contributed by atoms with Crippen molar-refractivity contribution in [2.24, 2.45) is 17.8 Å². The van der Waals surface area contributed by atoms with Gasteiger partial charge < -0.3 is 47.9 Å². The molecule has 37 heteroatoms. The second kappa shape index (κ2) is 40.0. The molecule has 12 N–H and O–H groups in total. The van der Waals surface area contributed by atoms with E-state index in [1.807, 2.05) is 135 Å². The fraction of sp³-hybridized carbons (Fsp3) is 0.258. The molecule has 2 unspecified atom stereocenters. The van der Waals surface area contributed by atoms with E-state index in [1.165, 1.54) is 11.4 Å². The third kappa shape index (κ3) is 19.1. The number of carbonyl (C=O) groups excluding carboxylic acids is 1. The number of alkyl halides is 2. The topological polar surface area (TPSA) is 461 Å². The number of rotatable bonds is 21. The van der Waals surface area contributed by atoms with E-state index >= 15 is 0 Å². The average molecular weight is 2000 g/mol. The number of carbonyl (C=O) groups is 4. The number of aromatic nitrogens is 20. The zero-order valence-corrected chi connectivity index (χ0v) is 77.3. The molecule has 3 aromatic carbocycles. The summed E-state index contributed by atoms with van der Waals surface area (Å²) in [6, 6.07) is 43.8. The van der Waals surface area contributed by atoms with Crippen LogP contribution in [0, 0.1) is 24.7 Å². The molecule has 14 aromatic heterocycles. The predicted octanol–water partition coefficient (Wildman–Crippen LogP) is 18.5. The molecule has 3 aliphatic carbocycles. The summed E-state index contributed by atoms with van der Waals surface area (Å²) in [5.74, 6) is -2.46. The number of fused-ring (bicyclic) bond motifs is 4. The third-order valence-corrected chi connectivity index (χ3v) is 27.6. The summed E-state index contributed by atoms with van der Waals surface area (Å²) in [6.07, 6.45) is 27.7. The van der Waals surface area contributed by atoms with E-state index in [9.17, 15) is 33.1 Å². The van der Waals surface area contributed by atoms with Crippen molar-refractivity contribution in [1.29, 1.82) is 0 Å². The zero-order chi connectivity index (χ0) is 93.7. The summed E-state index contributed by atoms with van der Waals surface area (Å²) in [7, 11) is 0. The van der Waals surface area contributed by atoms with Crippen LogP contribution in [0.2, 0.25) is 0 Å². The number of nitrogens with two attached hydrogens (primary N) is 4. The standard InChI is InChI=1S/C26H25BrFN5O2.C24H24BrN5O2.C24H21N7O2.C23H21BrFN7O2/c1-14-11-18(12-30-22(14)16-5-3-2-4-6-16)19-13-31-33-24(29)20(27)23(32-25(19)33)17-9-7-15(8-10-17)21(28)26(34)35;25-21-22(16-8-6-15(7-9-16)12-20(31)32)28-24-19(13-27-30(24)23(21)26)17-10-11-29(14-17)18-4-2-1-3-5-18;1-15(33)21-22(18-12-27-30(14-18)9-10-32)29-24-19(13-28-31(24)23(21)25)17-7-8-20(26-11-17)16-5-3-2-4-6-16;24-18-20(13-3-1-12(2-4-13)19(25)23(33)34)31-22-16(11-30-32(22)21(18)26)14-5-6-17(27-9-14)15-7-8-28-29-10-15/h2-6,11-13,15,17,21H,7-10,29H2,1H3,(H,34,35);1-5,10-11,13-16H,6-9,12,26H2,(H,31,32);2-8,11-14,32H,9-10,25H2,1H3;5-13,19H,1-4,26H2,(H,33,34). The van der Waals surface area contributed by atoms with Gasteiger partial charge in [-0.25, -0.2) is 38.3 Å². The number of aliphatic hydroxyl groups is 1. The van der Waals surface area contributed by atoms with Crippen LogP contribution in [0.5, 0.6) is 0 Å². The average Bonchev–Trinajstić information content (AvgIpc) is 1.60. The van der Waals surface area contributed by atoms with Gasteiger partial charge in [0.05, 0.1) is 115 Å². The maximum Gasteiger partial charge on any atom is 0.338 e. The lowest BCUT2D eigenvalue weighted by atomic mass is 9.78. The Morgan fingerprint density at radius 2 is 0.888 bits per heavy atom. The highest BCUT2D eigenvalue weighted by Gasteiger charge is 2.38. The van der Waals surface area contributed by atoms with Crippen molar-refractivity contribution in [2.75, 3.05) is 29.5 Å². The van der Waals surface area contributed by atoms with Gasteiger partial charge in [-0.15, -0.1) is 0 Å². The number of nitrogens with zero attached hydrogens (tertiary/aromatic N) is 20. The Morgan fingerprint density at radius 1 is 0.440 bits per heavy atom. The summed E-state index contributed by atoms with van der Waals surface area (Å²) in [5.41, 5.74) is 46.4. The normalized spacial score (nSPS) is 17.1. The molecule has 0 spiro atoms. The lowest BCUT2D eigenvalue weighted by Crippen LogP contribution is -2.28. The van der Waals surface area contributed by atoms with Gasteiger partial charge in [-0.2, -0.15) is 53.8 Å². The quantitative estimate of drug-likeness (QED) is 0.0310. The zero-order valence-electron chi connectivity index (χ0n) is 72.5. The van der Waals surface area contributed by atoms with E-state index in [0.29, 0.717) is 113 Å². The molecule has 17 aromatic rings. The van der Waals surface area contributed by atoms with Crippen LogP contribution in [0.3, 0.4) is 0 Å². The molecule has 682 valence electrons. The third-order valence-electron chi connectivity index (χ3n) is 25.1. The molecule has 0 bridgehead atoms. The number of hydrogen-bond donors (Lipinski definition) is 8. The van der Waals surface area contributed by atoms with Crippen molar-refractivity contribution in [1.82, 2.24) is 97.9 Å². The van der Waals surface area contributed by atoms with Crippen molar-refractivity contribution in [2.45, 2.75) is 134 Å². The van der Waals surface area contributed by atoms with Crippen molar-refractivity contribution < 1.29 is 48.4 Å². The van der Waals surface area contributed by atoms with Crippen LogP contribution in [0.15, 0.2) is 227 Å². The Labute approximate surface area is 790 Å². The minimum absolute atomic E-state index is 0.0429. The Kier molecular flexibility index (Phi) is 27.4. The van der Waals surface area contributed by atoms with Crippen molar-refractivity contribution in [3.8, 4) is 95.2 Å². The van der Waals surface area contributed by atoms with E-state index in [1.54, 1.807) is 74.0 Å². The van der Waals surface area contributed by atoms with Crippen molar-refractivity contribution in [3.63, 3.8) is 0 Å². The Bertz CT molecular complexity index is 7170. The number of ketones is 1. The molecule has 32 nitrogen and oxygen atoms in total. The minimum Gasteiger partial charge on any atom is -0.481 e. The molecule has 0 radical (unpaired) electrons. The smallest absolute Gasteiger partial charge is 0.338 e. The fourth-order valence-corrected chi connectivity index (χ4v) is 19.8. The summed E-state index contributed by atoms with van der Waals surface area (Å²) in [5, 5.41) is 65.9. The monoisotopic (exact) mass is 1990 g/mol. The molecule has 2 atom stereocenters. The van der Waals surface area contributed by atoms with Crippen LogP contribution in [0.4, 0.5) is 32.1 Å². The molecule has 0 amide bonds. The lowest BCUT2D eigenvalue weighted by Gasteiger charge is -2.29. The SMILES string of the molecule is CC(=O)c1c(-c2cnn(CCO)c2)nc2c(-c3ccc(-c4ccccc4)nc3)cnn2c1N.Cc1cc(-c2cnn3c(N)c(Br)c(C4CCC(C(F)C(=O)O)CC4)nc23)cnc1-c1ccccc1.Nc1c(Br)c(C2CCC(C(F)C(=O)O)CC2)nc2c(-c3ccc(-c4ccnnc4)nc3)cnn12.Nc1c(Br)c(C2CCC(CC(=O)O)CC2)nc2c(-c3ccn(-c4ccccc4)c3)cnn12. The molecule has 20 rings (SSSR count). The number of aliphatic carboxylic acids is 3. The Hall–Kier alpha value is -14.3. The summed E-state index contributed by atoms with van der Waals surface area (Å²) < 4.78 is 40.1. The van der Waals surface area contributed by atoms with Crippen molar-refractivity contribution in [3.05, 3.63) is 256 Å². The highest BCUT2D eigenvalue weighted by atomic mass is 79.9. The Morgan fingerprint density at radius 3 is 1.34 bits per heavy atom. The number of carboxylic acids is 3. The first-order valence-corrected chi connectivity index (χ1v) is 46.0. The molecule has 134 heavy (non-hydrogen) atoms. The molecule has 0 saturated heterocycles. The number of hydrogen-bond acceptors (Lipinski definition) is 23. The van der Waals surface area contributed by atoms with Gasteiger partial charge in [0.2, 0.25) is 0 Å². The number of pyridine rings is 3. The first kappa shape index (κ1) is 91.6. The summed E-state index contributed by atoms with van der Waals surface area (Å²) >= 11 is 10.8. The van der Waals surface area contributed by atoms with Gasteiger partial charge in [-0.1, -0.05) is 91.0 Å². The van der Waals surface area contributed by atoms with Gasteiger partial charge in [-0.3, -0.25) is 29.2 Å². The lowest BCUT2D eigenvalue weighted by molar-refractivity contribution is -0.146. The predicted molar refractivity (Wildman–Crippen MR) is 514 cm³/mol. The maximum atomic E-state index is 14.0. The van der Waals surface area contributed by atoms with Crippen molar-refractivity contribution >= 4 is 117 Å². The van der Waals surface area contributed by atoms with Crippen LogP contribution < -0.4 is 22.9 Å². The van der Waals surface area contributed by atoms with Gasteiger partial charge in [0.1, 0.15) is 23.3 Å². The van der Waals surface area contributed by atoms with Gasteiger partial charge in [0, 0.05) is 146 Å². The van der Waals surface area contributed by atoms with Gasteiger partial charge >= 0.3 is 17.9 Å². The number of carboxylic acid groups (broad SMARTS) is 3. The molecular weight excluding hydrogens is 1910 g/mol. The van der Waals surface area contributed by atoms with Crippen LogP contribution >= 0.6 is 47.8 Å². The van der Waals surface area contributed by atoms with Crippen LogP contribution in [-0.4, -0.2) is 161 Å². The number of anilines is 4. The highest BCUT2D eigenvalue weighted by molar-refractivity contribution is 9.11. The van der Waals surface area contributed by atoms with E-state index in [0.717, 1.165) is 142 Å². The number of benzene rings is 3. The number of para-hydroxylation sites is 1. The van der Waals surface area contributed by atoms with Gasteiger partial charge in [0.25, 0.3) is 0 Å². The summed E-state index contributed by atoms with van der Waals surface area (Å²) in [4.78, 5) is 79.0. The number of nitrogen functional groups attached to an aromatic ring is 4. The second-order valence-corrected chi connectivity index (χ2v) is 35.9. The molecule has 3 saturated carbocycles. The van der Waals surface area contributed by atoms with E-state index in [-0.39, 0.29) is 53.9 Å². The number of Topliss-reactive ketones (excluding diaryl/α,β-unsaturated/α-hetero) is 1. The van der Waals surface area contributed by atoms with E-state index in [2.05, 4.69) is 128 Å². The van der Waals surface area contributed by atoms with Crippen LogP contribution in [0.25, 0.3) is 118 Å². The molecule has 3 aliphatic rings. The largest absolute Gasteiger partial charge is 0.481 e. The van der Waals surface area contributed by atoms with Gasteiger partial charge in [-0.05, 0) is 193 Å². The van der Waals surface area contributed by atoms with Gasteiger partial charge in [0.15, 0.2) is 40.7 Å². The number of halogens is 5. The molecule has 14 heterocycles. The second-order valence-electron chi connectivity index (χ2n) is 33.5. The van der Waals surface area contributed by atoms with Crippen LogP contribution in [0.1, 0.15) is 141 Å². The molecular formula is C97H91Br3F2N24O8. The summed E-state index contributed by atoms with van der Waals surface area (Å²) in [6.45, 7) is 3.76.